The van der Waals surface area contributed by atoms with Gasteiger partial charge in [0, 0.05) is 36.3 Å². The molecule has 2 heterocycles. The Labute approximate surface area is 94.1 Å². The lowest BCUT2D eigenvalue weighted by molar-refractivity contribution is -0.116. The van der Waals surface area contributed by atoms with Gasteiger partial charge in [0.15, 0.2) is 0 Å². The smallest absolute Gasteiger partial charge is 0.223 e. The maximum absolute atomic E-state index is 11.5. The van der Waals surface area contributed by atoms with Crippen LogP contribution in [0.4, 0.5) is 5.69 Å². The Balaban J connectivity index is 2.25. The predicted octanol–water partition coefficient (Wildman–Crippen LogP) is 2.39. The van der Waals surface area contributed by atoms with Gasteiger partial charge in [-0.2, -0.15) is 0 Å². The molecule has 0 saturated carbocycles. The van der Waals surface area contributed by atoms with E-state index in [4.69, 9.17) is 0 Å². The van der Waals surface area contributed by atoms with E-state index in [1.54, 1.807) is 6.92 Å². The zero-order valence-corrected chi connectivity index (χ0v) is 9.50. The number of aromatic amines is 1. The van der Waals surface area contributed by atoms with E-state index >= 15 is 0 Å². The maximum atomic E-state index is 11.5. The third kappa shape index (κ3) is 1.18. The highest BCUT2D eigenvalue weighted by molar-refractivity contribution is 5.98. The lowest BCUT2D eigenvalue weighted by Crippen LogP contribution is -2.25. The van der Waals surface area contributed by atoms with Crippen molar-refractivity contribution >= 4 is 22.5 Å². The van der Waals surface area contributed by atoms with E-state index in [-0.39, 0.29) is 5.91 Å². The molecule has 3 rings (SSSR count). The molecule has 0 atom stereocenters. The van der Waals surface area contributed by atoms with Gasteiger partial charge in [-0.25, -0.2) is 0 Å². The van der Waals surface area contributed by atoms with Crippen molar-refractivity contribution in [3.8, 4) is 0 Å². The number of aromatic nitrogens is 1. The first-order chi connectivity index (χ1) is 7.66. The van der Waals surface area contributed by atoms with Gasteiger partial charge in [-0.05, 0) is 36.6 Å². The fraction of sp³-hybridized carbons (Fsp3) is 0.308. The Morgan fingerprint density at radius 2 is 2.25 bits per heavy atom. The molecule has 16 heavy (non-hydrogen) atoms. The number of amides is 1. The molecule has 0 radical (unpaired) electrons. The SMILES string of the molecule is CC(=O)N1CCc2cc3[nH]cc(C)c3cc21. The number of fused-ring (bicyclic) bond motifs is 2. The van der Waals surface area contributed by atoms with Crippen LogP contribution in [0.1, 0.15) is 18.1 Å². The Morgan fingerprint density at radius 3 is 3.00 bits per heavy atom. The molecule has 1 amide bonds. The number of rotatable bonds is 0. The van der Waals surface area contributed by atoms with Crippen molar-refractivity contribution in [1.82, 2.24) is 4.98 Å². The van der Waals surface area contributed by atoms with Gasteiger partial charge in [-0.1, -0.05) is 0 Å². The van der Waals surface area contributed by atoms with Crippen molar-refractivity contribution < 1.29 is 4.79 Å². The number of hydrogen-bond acceptors (Lipinski definition) is 1. The monoisotopic (exact) mass is 214 g/mol. The van der Waals surface area contributed by atoms with Crippen LogP contribution in [-0.2, 0) is 11.2 Å². The van der Waals surface area contributed by atoms with Gasteiger partial charge in [0.05, 0.1) is 0 Å². The van der Waals surface area contributed by atoms with Gasteiger partial charge in [0.1, 0.15) is 0 Å². The normalized spacial score (nSPS) is 14.5. The highest BCUT2D eigenvalue weighted by Gasteiger charge is 2.22. The molecular weight excluding hydrogens is 200 g/mol. The number of carbonyl (C=O) groups is 1. The second kappa shape index (κ2) is 3.11. The Morgan fingerprint density at radius 1 is 1.44 bits per heavy atom. The number of hydrogen-bond donors (Lipinski definition) is 1. The van der Waals surface area contributed by atoms with Crippen LogP contribution < -0.4 is 4.90 Å². The van der Waals surface area contributed by atoms with E-state index < -0.39 is 0 Å². The summed E-state index contributed by atoms with van der Waals surface area (Å²) in [6.45, 7) is 4.53. The van der Waals surface area contributed by atoms with Gasteiger partial charge >= 0.3 is 0 Å². The van der Waals surface area contributed by atoms with Crippen LogP contribution in [-0.4, -0.2) is 17.4 Å². The van der Waals surface area contributed by atoms with Crippen LogP contribution in [0.5, 0.6) is 0 Å². The first-order valence-electron chi connectivity index (χ1n) is 5.55. The summed E-state index contributed by atoms with van der Waals surface area (Å²) in [5.74, 6) is 0.131. The van der Waals surface area contributed by atoms with Gasteiger partial charge < -0.3 is 9.88 Å². The standard InChI is InChI=1S/C13H14N2O/c1-8-7-14-12-5-10-3-4-15(9(2)16)13(10)6-11(8)12/h5-7,14H,3-4H2,1-2H3. The number of nitrogens with one attached hydrogen (secondary N) is 1. The molecule has 3 heteroatoms. The molecule has 0 bridgehead atoms. The topological polar surface area (TPSA) is 36.1 Å². The van der Waals surface area contributed by atoms with Crippen molar-refractivity contribution in [2.24, 2.45) is 0 Å². The predicted molar refractivity (Wildman–Crippen MR) is 64.8 cm³/mol. The lowest BCUT2D eigenvalue weighted by atomic mass is 10.1. The quantitative estimate of drug-likeness (QED) is 0.718. The molecule has 0 spiro atoms. The molecule has 1 aliphatic heterocycles. The number of aryl methyl sites for hydroxylation is 1. The summed E-state index contributed by atoms with van der Waals surface area (Å²) in [4.78, 5) is 16.6. The summed E-state index contributed by atoms with van der Waals surface area (Å²) in [5.41, 5.74) is 4.75. The molecule has 3 nitrogen and oxygen atoms in total. The lowest BCUT2D eigenvalue weighted by Gasteiger charge is -2.14. The van der Waals surface area contributed by atoms with Crippen molar-refractivity contribution in [1.29, 1.82) is 0 Å². The zero-order chi connectivity index (χ0) is 11.3. The van der Waals surface area contributed by atoms with Crippen LogP contribution in [0.3, 0.4) is 0 Å². The summed E-state index contributed by atoms with van der Waals surface area (Å²) in [6, 6.07) is 4.30. The third-order valence-corrected chi connectivity index (χ3v) is 3.36. The van der Waals surface area contributed by atoms with E-state index in [1.807, 2.05) is 11.1 Å². The molecule has 1 N–H and O–H groups in total. The largest absolute Gasteiger partial charge is 0.361 e. The number of nitrogens with zero attached hydrogens (tertiary/aromatic N) is 1. The molecule has 1 aliphatic rings. The van der Waals surface area contributed by atoms with Crippen LogP contribution >= 0.6 is 0 Å². The van der Waals surface area contributed by atoms with E-state index in [2.05, 4.69) is 24.0 Å². The van der Waals surface area contributed by atoms with Crippen LogP contribution in [0.25, 0.3) is 10.9 Å². The number of benzene rings is 1. The Kier molecular flexibility index (Phi) is 1.84. The van der Waals surface area contributed by atoms with E-state index in [0.29, 0.717) is 0 Å². The fourth-order valence-corrected chi connectivity index (χ4v) is 2.47. The third-order valence-electron chi connectivity index (χ3n) is 3.36. The van der Waals surface area contributed by atoms with Crippen LogP contribution in [0, 0.1) is 6.92 Å². The molecule has 0 unspecified atom stereocenters. The molecule has 1 aromatic carbocycles. The minimum absolute atomic E-state index is 0.131. The summed E-state index contributed by atoms with van der Waals surface area (Å²) >= 11 is 0. The average molecular weight is 214 g/mol. The fourth-order valence-electron chi connectivity index (χ4n) is 2.47. The van der Waals surface area contributed by atoms with Crippen LogP contribution in [0.2, 0.25) is 0 Å². The first kappa shape index (κ1) is 9.46. The highest BCUT2D eigenvalue weighted by atomic mass is 16.2. The van der Waals surface area contributed by atoms with E-state index in [1.165, 1.54) is 22.0 Å². The minimum atomic E-state index is 0.131. The second-order valence-electron chi connectivity index (χ2n) is 4.42. The molecule has 82 valence electrons. The van der Waals surface area contributed by atoms with Crippen molar-refractivity contribution in [2.45, 2.75) is 20.3 Å². The number of H-pyrrole nitrogens is 1. The Hall–Kier alpha value is -1.77. The molecular formula is C13H14N2O. The number of anilines is 1. The minimum Gasteiger partial charge on any atom is -0.361 e. The van der Waals surface area contributed by atoms with Crippen molar-refractivity contribution in [3.63, 3.8) is 0 Å². The average Bonchev–Trinajstić information content (AvgIpc) is 2.80. The highest BCUT2D eigenvalue weighted by Crippen LogP contribution is 2.33. The molecule has 0 saturated heterocycles. The van der Waals surface area contributed by atoms with Gasteiger partial charge in [-0.15, -0.1) is 0 Å². The summed E-state index contributed by atoms with van der Waals surface area (Å²) in [7, 11) is 0. The first-order valence-corrected chi connectivity index (χ1v) is 5.55. The van der Waals surface area contributed by atoms with Gasteiger partial charge in [0.2, 0.25) is 5.91 Å². The van der Waals surface area contributed by atoms with Crippen molar-refractivity contribution in [3.05, 3.63) is 29.5 Å². The summed E-state index contributed by atoms with van der Waals surface area (Å²) in [6.07, 6.45) is 2.97. The molecule has 2 aromatic rings. The van der Waals surface area contributed by atoms with Crippen molar-refractivity contribution in [2.75, 3.05) is 11.4 Å². The Bertz CT molecular complexity index is 583. The summed E-state index contributed by atoms with van der Waals surface area (Å²) in [5, 5.41) is 1.21. The molecule has 0 fully saturated rings. The van der Waals surface area contributed by atoms with Gasteiger partial charge in [0.25, 0.3) is 0 Å². The molecule has 0 aliphatic carbocycles. The second-order valence-corrected chi connectivity index (χ2v) is 4.42. The summed E-state index contributed by atoms with van der Waals surface area (Å²) < 4.78 is 0. The number of carbonyl (C=O) groups excluding carboxylic acids is 1. The van der Waals surface area contributed by atoms with E-state index in [9.17, 15) is 4.79 Å². The maximum Gasteiger partial charge on any atom is 0.223 e. The molecule has 1 aromatic heterocycles. The van der Waals surface area contributed by atoms with Gasteiger partial charge in [-0.3, -0.25) is 4.79 Å². The zero-order valence-electron chi connectivity index (χ0n) is 9.50. The van der Waals surface area contributed by atoms with Crippen LogP contribution in [0.15, 0.2) is 18.3 Å². The van der Waals surface area contributed by atoms with E-state index in [0.717, 1.165) is 18.7 Å².